The zero-order valence-corrected chi connectivity index (χ0v) is 24.1. The van der Waals surface area contributed by atoms with E-state index < -0.39 is 5.60 Å². The second-order valence-corrected chi connectivity index (χ2v) is 11.9. The van der Waals surface area contributed by atoms with Gasteiger partial charge in [-0.1, -0.05) is 61.0 Å². The van der Waals surface area contributed by atoms with E-state index in [4.69, 9.17) is 9.47 Å². The van der Waals surface area contributed by atoms with Gasteiger partial charge < -0.3 is 19.7 Å². The summed E-state index contributed by atoms with van der Waals surface area (Å²) in [4.78, 5) is 27.2. The number of rotatable bonds is 9. The monoisotopic (exact) mass is 532 g/mol. The Kier molecular flexibility index (Phi) is 9.49. The fourth-order valence-corrected chi connectivity index (χ4v) is 5.66. The highest BCUT2D eigenvalue weighted by Crippen LogP contribution is 2.41. The predicted molar refractivity (Wildman–Crippen MR) is 155 cm³/mol. The Bertz CT molecular complexity index is 1150. The van der Waals surface area contributed by atoms with Gasteiger partial charge in [-0.25, -0.2) is 9.59 Å². The molecule has 6 nitrogen and oxygen atoms in total. The number of methoxy groups -OCH3 is 1. The van der Waals surface area contributed by atoms with E-state index in [2.05, 4.69) is 48.6 Å². The maximum atomic E-state index is 13.3. The molecule has 0 radical (unpaired) electrons. The summed E-state index contributed by atoms with van der Waals surface area (Å²) in [7, 11) is 1.38. The normalized spacial score (nSPS) is 23.2. The summed E-state index contributed by atoms with van der Waals surface area (Å²) in [6.07, 6.45) is 8.23. The number of hydrogen-bond donors (Lipinski definition) is 1. The van der Waals surface area contributed by atoms with Gasteiger partial charge in [-0.3, -0.25) is 0 Å². The molecule has 6 heteroatoms. The highest BCUT2D eigenvalue weighted by Gasteiger charge is 2.41. The fourth-order valence-electron chi connectivity index (χ4n) is 5.66. The SMILES string of the molecule is CC/C(=C\c1ccccc1)C1CC1NC1CCC(N(Cc2cccc(C(=O)OC)c2)C(=O)OC(C)(C)C)CC1. The Morgan fingerprint density at radius 2 is 1.74 bits per heavy atom. The molecule has 4 rings (SSSR count). The molecular formula is C33H44N2O4. The number of hydrogen-bond acceptors (Lipinski definition) is 5. The molecule has 1 amide bonds. The molecule has 0 heterocycles. The van der Waals surface area contributed by atoms with E-state index in [1.165, 1.54) is 24.7 Å². The second-order valence-electron chi connectivity index (χ2n) is 11.9. The molecule has 2 aliphatic rings. The Balaban J connectivity index is 1.37. The molecule has 2 aromatic carbocycles. The minimum Gasteiger partial charge on any atom is -0.465 e. The van der Waals surface area contributed by atoms with Crippen LogP contribution in [0.4, 0.5) is 4.79 Å². The molecule has 2 unspecified atom stereocenters. The lowest BCUT2D eigenvalue weighted by Gasteiger charge is -2.38. The highest BCUT2D eigenvalue weighted by atomic mass is 16.6. The van der Waals surface area contributed by atoms with Gasteiger partial charge in [0.25, 0.3) is 0 Å². The van der Waals surface area contributed by atoms with Crippen LogP contribution >= 0.6 is 0 Å². The maximum absolute atomic E-state index is 13.3. The molecule has 2 saturated carbocycles. The van der Waals surface area contributed by atoms with Crippen molar-refractivity contribution in [3.63, 3.8) is 0 Å². The molecule has 0 bridgehead atoms. The third-order valence-electron chi connectivity index (χ3n) is 7.74. The van der Waals surface area contributed by atoms with Gasteiger partial charge in [0.1, 0.15) is 5.60 Å². The molecule has 0 spiro atoms. The summed E-state index contributed by atoms with van der Waals surface area (Å²) >= 11 is 0. The Morgan fingerprint density at radius 3 is 2.38 bits per heavy atom. The van der Waals surface area contributed by atoms with Crippen LogP contribution in [0.1, 0.15) is 87.7 Å². The van der Waals surface area contributed by atoms with Gasteiger partial charge in [0.05, 0.1) is 12.7 Å². The van der Waals surface area contributed by atoms with Crippen molar-refractivity contribution >= 4 is 18.1 Å². The lowest BCUT2D eigenvalue weighted by Crippen LogP contribution is -2.47. The number of ether oxygens (including phenoxy) is 2. The predicted octanol–water partition coefficient (Wildman–Crippen LogP) is 6.99. The van der Waals surface area contributed by atoms with Gasteiger partial charge in [0.2, 0.25) is 0 Å². The van der Waals surface area contributed by atoms with E-state index in [0.29, 0.717) is 30.1 Å². The summed E-state index contributed by atoms with van der Waals surface area (Å²) < 4.78 is 10.7. The average Bonchev–Trinajstić information content (AvgIpc) is 3.69. The quantitative estimate of drug-likeness (QED) is 0.353. The Labute approximate surface area is 233 Å². The topological polar surface area (TPSA) is 67.9 Å². The number of carbonyl (C=O) groups is 2. The lowest BCUT2D eigenvalue weighted by molar-refractivity contribution is 0.00876. The van der Waals surface area contributed by atoms with Gasteiger partial charge in [-0.15, -0.1) is 0 Å². The minimum atomic E-state index is -0.576. The van der Waals surface area contributed by atoms with E-state index >= 15 is 0 Å². The van der Waals surface area contributed by atoms with Gasteiger partial charge >= 0.3 is 12.1 Å². The number of amides is 1. The van der Waals surface area contributed by atoms with Crippen molar-refractivity contribution in [3.8, 4) is 0 Å². The molecule has 2 atom stereocenters. The van der Waals surface area contributed by atoms with Crippen LogP contribution in [0.3, 0.4) is 0 Å². The van der Waals surface area contributed by atoms with E-state index in [0.717, 1.165) is 37.7 Å². The smallest absolute Gasteiger partial charge is 0.410 e. The maximum Gasteiger partial charge on any atom is 0.410 e. The van der Waals surface area contributed by atoms with Gasteiger partial charge in [0.15, 0.2) is 0 Å². The lowest BCUT2D eigenvalue weighted by atomic mass is 9.89. The van der Waals surface area contributed by atoms with E-state index in [1.54, 1.807) is 12.1 Å². The second kappa shape index (κ2) is 12.8. The molecule has 2 fully saturated rings. The summed E-state index contributed by atoms with van der Waals surface area (Å²) in [5.74, 6) is 0.240. The van der Waals surface area contributed by atoms with Crippen molar-refractivity contribution in [1.82, 2.24) is 10.2 Å². The van der Waals surface area contributed by atoms with Crippen molar-refractivity contribution in [1.29, 1.82) is 0 Å². The molecular weight excluding hydrogens is 488 g/mol. The standard InChI is InChI=1S/C33H44N2O4/c1-6-25(19-23-11-8-7-9-12-23)29-21-30(29)34-27-15-17-28(18-16-27)35(32(37)39-33(2,3)4)22-24-13-10-14-26(20-24)31(36)38-5/h7-14,19-20,27-30,34H,6,15-18,21-22H2,1-5H3/b25-19+. The first-order valence-corrected chi connectivity index (χ1v) is 14.3. The van der Waals surface area contributed by atoms with E-state index in [-0.39, 0.29) is 18.1 Å². The molecule has 0 aliphatic heterocycles. The van der Waals surface area contributed by atoms with Gasteiger partial charge in [-0.2, -0.15) is 0 Å². The van der Waals surface area contributed by atoms with Gasteiger partial charge in [0, 0.05) is 24.7 Å². The van der Waals surface area contributed by atoms with Crippen LogP contribution in [0, 0.1) is 5.92 Å². The molecule has 2 aliphatic carbocycles. The van der Waals surface area contributed by atoms with Crippen molar-refractivity contribution < 1.29 is 19.1 Å². The summed E-state index contributed by atoms with van der Waals surface area (Å²) in [6, 6.07) is 19.0. The van der Waals surface area contributed by atoms with E-state index in [9.17, 15) is 9.59 Å². The zero-order valence-electron chi connectivity index (χ0n) is 24.1. The van der Waals surface area contributed by atoms with Crippen LogP contribution in [-0.4, -0.2) is 47.8 Å². The van der Waals surface area contributed by atoms with Crippen LogP contribution in [0.15, 0.2) is 60.2 Å². The minimum absolute atomic E-state index is 0.0962. The number of nitrogens with zero attached hydrogens (tertiary/aromatic N) is 1. The molecule has 0 saturated heterocycles. The van der Waals surface area contributed by atoms with Crippen molar-refractivity contribution in [2.75, 3.05) is 7.11 Å². The molecule has 1 N–H and O–H groups in total. The molecule has 0 aromatic heterocycles. The average molecular weight is 533 g/mol. The summed E-state index contributed by atoms with van der Waals surface area (Å²) in [5, 5.41) is 3.92. The first-order valence-electron chi connectivity index (χ1n) is 14.3. The van der Waals surface area contributed by atoms with Crippen LogP contribution in [-0.2, 0) is 16.0 Å². The largest absolute Gasteiger partial charge is 0.465 e. The fraction of sp³-hybridized carbons (Fsp3) is 0.515. The third-order valence-corrected chi connectivity index (χ3v) is 7.74. The first-order chi connectivity index (χ1) is 18.7. The number of benzene rings is 2. The van der Waals surface area contributed by atoms with Crippen molar-refractivity contribution in [2.24, 2.45) is 5.92 Å². The molecule has 39 heavy (non-hydrogen) atoms. The van der Waals surface area contributed by atoms with Crippen LogP contribution in [0.2, 0.25) is 0 Å². The molecule has 210 valence electrons. The number of esters is 1. The summed E-state index contributed by atoms with van der Waals surface area (Å²) in [5.41, 5.74) is 3.60. The number of nitrogens with one attached hydrogen (secondary N) is 1. The van der Waals surface area contributed by atoms with Crippen LogP contribution in [0.5, 0.6) is 0 Å². The first kappa shape index (κ1) is 28.9. The van der Waals surface area contributed by atoms with Crippen molar-refractivity contribution in [2.45, 2.75) is 96.5 Å². The van der Waals surface area contributed by atoms with Crippen LogP contribution in [0.25, 0.3) is 6.08 Å². The third kappa shape index (κ3) is 8.18. The Morgan fingerprint density at radius 1 is 1.03 bits per heavy atom. The van der Waals surface area contributed by atoms with Crippen LogP contribution < -0.4 is 5.32 Å². The highest BCUT2D eigenvalue weighted by molar-refractivity contribution is 5.89. The summed E-state index contributed by atoms with van der Waals surface area (Å²) in [6.45, 7) is 8.33. The molecule has 2 aromatic rings. The van der Waals surface area contributed by atoms with Gasteiger partial charge in [-0.05, 0) is 88.5 Å². The van der Waals surface area contributed by atoms with Crippen molar-refractivity contribution in [3.05, 3.63) is 76.9 Å². The zero-order chi connectivity index (χ0) is 28.0. The van der Waals surface area contributed by atoms with E-state index in [1.807, 2.05) is 37.8 Å². The number of carbonyl (C=O) groups excluding carboxylic acids is 2. The Hall–Kier alpha value is -3.12.